The van der Waals surface area contributed by atoms with Gasteiger partial charge in [-0.15, -0.1) is 0 Å². The number of carbonyl (C=O) groups excluding carboxylic acids is 1. The molecule has 0 saturated heterocycles. The first-order chi connectivity index (χ1) is 9.66. The molecule has 0 amide bonds. The molecule has 20 heavy (non-hydrogen) atoms. The molecule has 3 heteroatoms. The van der Waals surface area contributed by atoms with Crippen LogP contribution >= 0.6 is 0 Å². The van der Waals surface area contributed by atoms with Crippen LogP contribution in [0.1, 0.15) is 90.4 Å². The standard InChI is InChI=1S/C17H34O3/c1-16(15-18)13-11-9-7-5-3-2-4-6-8-10-12-14-17(19)20/h16,18H,2-15H2,1H3,(H,19,20)/p-1. The van der Waals surface area contributed by atoms with Crippen LogP contribution in [0.15, 0.2) is 0 Å². The van der Waals surface area contributed by atoms with Gasteiger partial charge in [0.25, 0.3) is 0 Å². The van der Waals surface area contributed by atoms with Gasteiger partial charge in [0.1, 0.15) is 0 Å². The third kappa shape index (κ3) is 15.5. The number of hydrogen-bond acceptors (Lipinski definition) is 3. The summed E-state index contributed by atoms with van der Waals surface area (Å²) in [6, 6.07) is 0. The van der Waals surface area contributed by atoms with Crippen molar-refractivity contribution in [1.82, 2.24) is 0 Å². The van der Waals surface area contributed by atoms with Crippen LogP contribution in [0, 0.1) is 5.92 Å². The van der Waals surface area contributed by atoms with Crippen LogP contribution < -0.4 is 5.11 Å². The summed E-state index contributed by atoms with van der Waals surface area (Å²) in [5, 5.41) is 19.1. The van der Waals surface area contributed by atoms with E-state index in [2.05, 4.69) is 6.92 Å². The molecule has 0 aliphatic heterocycles. The highest BCUT2D eigenvalue weighted by molar-refractivity contribution is 5.63. The third-order valence-corrected chi connectivity index (χ3v) is 3.89. The van der Waals surface area contributed by atoms with Crippen molar-refractivity contribution in [3.8, 4) is 0 Å². The fraction of sp³-hybridized carbons (Fsp3) is 0.941. The summed E-state index contributed by atoms with van der Waals surface area (Å²) in [4.78, 5) is 10.2. The quantitative estimate of drug-likeness (QED) is 0.469. The van der Waals surface area contributed by atoms with Crippen molar-refractivity contribution in [3.63, 3.8) is 0 Å². The normalized spacial score (nSPS) is 12.5. The van der Waals surface area contributed by atoms with Gasteiger partial charge in [0.15, 0.2) is 0 Å². The van der Waals surface area contributed by atoms with Crippen LogP contribution in [0.25, 0.3) is 0 Å². The van der Waals surface area contributed by atoms with Gasteiger partial charge in [-0.3, -0.25) is 0 Å². The van der Waals surface area contributed by atoms with Gasteiger partial charge < -0.3 is 15.0 Å². The average molecular weight is 285 g/mol. The van der Waals surface area contributed by atoms with Gasteiger partial charge in [0.2, 0.25) is 0 Å². The summed E-state index contributed by atoms with van der Waals surface area (Å²) in [6.45, 7) is 2.43. The molecule has 1 atom stereocenters. The van der Waals surface area contributed by atoms with Crippen LogP contribution in [0.3, 0.4) is 0 Å². The van der Waals surface area contributed by atoms with Crippen molar-refractivity contribution in [1.29, 1.82) is 0 Å². The van der Waals surface area contributed by atoms with E-state index < -0.39 is 5.97 Å². The Bertz CT molecular complexity index is 216. The highest BCUT2D eigenvalue weighted by Crippen LogP contribution is 2.14. The first-order valence-corrected chi connectivity index (χ1v) is 8.47. The van der Waals surface area contributed by atoms with Gasteiger partial charge in [-0.25, -0.2) is 0 Å². The first kappa shape index (κ1) is 19.4. The predicted molar refractivity (Wildman–Crippen MR) is 81.3 cm³/mol. The molecule has 0 rings (SSSR count). The number of carboxylic acids is 1. The molecule has 0 aromatic heterocycles. The SMILES string of the molecule is CC(CO)CCCCCCCCCCCCCC(=O)[O-]. The summed E-state index contributed by atoms with van der Waals surface area (Å²) in [5.41, 5.74) is 0. The summed E-state index contributed by atoms with van der Waals surface area (Å²) >= 11 is 0. The van der Waals surface area contributed by atoms with Gasteiger partial charge in [0, 0.05) is 12.6 Å². The Labute approximate surface area is 124 Å². The zero-order valence-corrected chi connectivity index (χ0v) is 13.2. The van der Waals surface area contributed by atoms with E-state index in [1.807, 2.05) is 0 Å². The van der Waals surface area contributed by atoms with Gasteiger partial charge in [-0.05, 0) is 25.2 Å². The number of aliphatic hydroxyl groups excluding tert-OH is 1. The first-order valence-electron chi connectivity index (χ1n) is 8.47. The molecule has 0 aromatic carbocycles. The minimum Gasteiger partial charge on any atom is -0.550 e. The third-order valence-electron chi connectivity index (χ3n) is 3.89. The molecule has 0 bridgehead atoms. The molecule has 0 spiro atoms. The lowest BCUT2D eigenvalue weighted by atomic mass is 10.0. The van der Waals surface area contributed by atoms with E-state index in [1.165, 1.54) is 51.4 Å². The Morgan fingerprint density at radius 3 is 1.65 bits per heavy atom. The van der Waals surface area contributed by atoms with E-state index in [9.17, 15) is 9.90 Å². The number of rotatable bonds is 15. The molecule has 0 aliphatic rings. The zero-order chi connectivity index (χ0) is 15.1. The highest BCUT2D eigenvalue weighted by atomic mass is 16.4. The Morgan fingerprint density at radius 2 is 1.25 bits per heavy atom. The molecule has 0 aromatic rings. The second-order valence-corrected chi connectivity index (χ2v) is 6.09. The summed E-state index contributed by atoms with van der Waals surface area (Å²) < 4.78 is 0. The maximum absolute atomic E-state index is 10.2. The topological polar surface area (TPSA) is 60.4 Å². The summed E-state index contributed by atoms with van der Waals surface area (Å²) in [5.74, 6) is -0.453. The Hall–Kier alpha value is -0.570. The van der Waals surface area contributed by atoms with Crippen LogP contribution in [-0.4, -0.2) is 17.7 Å². The van der Waals surface area contributed by atoms with Crippen LogP contribution in [0.5, 0.6) is 0 Å². The zero-order valence-electron chi connectivity index (χ0n) is 13.2. The molecular weight excluding hydrogens is 252 g/mol. The predicted octanol–water partition coefficient (Wildman–Crippen LogP) is 3.44. The van der Waals surface area contributed by atoms with Crippen molar-refractivity contribution < 1.29 is 15.0 Å². The van der Waals surface area contributed by atoms with E-state index in [0.717, 1.165) is 25.7 Å². The second-order valence-electron chi connectivity index (χ2n) is 6.09. The van der Waals surface area contributed by atoms with Crippen molar-refractivity contribution in [2.45, 2.75) is 90.4 Å². The fourth-order valence-corrected chi connectivity index (χ4v) is 2.44. The van der Waals surface area contributed by atoms with Crippen molar-refractivity contribution in [3.05, 3.63) is 0 Å². The molecule has 120 valence electrons. The van der Waals surface area contributed by atoms with Crippen molar-refractivity contribution >= 4 is 5.97 Å². The molecule has 0 radical (unpaired) electrons. The lowest BCUT2D eigenvalue weighted by Gasteiger charge is -2.07. The Kier molecular flexibility index (Phi) is 14.4. The van der Waals surface area contributed by atoms with Gasteiger partial charge >= 0.3 is 0 Å². The van der Waals surface area contributed by atoms with Crippen LogP contribution in [0.2, 0.25) is 0 Å². The molecule has 1 N–H and O–H groups in total. The van der Waals surface area contributed by atoms with E-state index >= 15 is 0 Å². The Balaban J connectivity index is 3.01. The minimum atomic E-state index is -0.918. The van der Waals surface area contributed by atoms with Gasteiger partial charge in [-0.1, -0.05) is 71.1 Å². The van der Waals surface area contributed by atoms with Crippen LogP contribution in [0.4, 0.5) is 0 Å². The van der Waals surface area contributed by atoms with Gasteiger partial charge in [-0.2, -0.15) is 0 Å². The van der Waals surface area contributed by atoms with E-state index in [-0.39, 0.29) is 6.42 Å². The molecule has 1 unspecified atom stereocenters. The molecule has 0 aliphatic carbocycles. The molecule has 0 fully saturated rings. The fourth-order valence-electron chi connectivity index (χ4n) is 2.44. The highest BCUT2D eigenvalue weighted by Gasteiger charge is 1.99. The van der Waals surface area contributed by atoms with E-state index in [0.29, 0.717) is 12.5 Å². The maximum Gasteiger partial charge on any atom is 0.0456 e. The van der Waals surface area contributed by atoms with E-state index in [4.69, 9.17) is 5.11 Å². The molecule has 0 heterocycles. The smallest absolute Gasteiger partial charge is 0.0456 e. The van der Waals surface area contributed by atoms with Crippen molar-refractivity contribution in [2.75, 3.05) is 6.61 Å². The van der Waals surface area contributed by atoms with Crippen LogP contribution in [-0.2, 0) is 4.79 Å². The Morgan fingerprint density at radius 1 is 0.850 bits per heavy atom. The maximum atomic E-state index is 10.2. The lowest BCUT2D eigenvalue weighted by molar-refractivity contribution is -0.305. The second kappa shape index (κ2) is 14.8. The number of aliphatic hydroxyl groups is 1. The van der Waals surface area contributed by atoms with E-state index in [1.54, 1.807) is 0 Å². The largest absolute Gasteiger partial charge is 0.550 e. The number of hydrogen-bond donors (Lipinski definition) is 1. The monoisotopic (exact) mass is 285 g/mol. The number of carboxylic acid groups (broad SMARTS) is 1. The molecular formula is C17H33O3-. The van der Waals surface area contributed by atoms with Crippen molar-refractivity contribution in [2.24, 2.45) is 5.92 Å². The number of aliphatic carboxylic acids is 1. The molecule has 3 nitrogen and oxygen atoms in total. The summed E-state index contributed by atoms with van der Waals surface area (Å²) in [7, 11) is 0. The number of unbranched alkanes of at least 4 members (excludes halogenated alkanes) is 10. The lowest BCUT2D eigenvalue weighted by Crippen LogP contribution is -2.21. The van der Waals surface area contributed by atoms with Gasteiger partial charge in [0.05, 0.1) is 0 Å². The average Bonchev–Trinajstić information content (AvgIpc) is 2.43. The molecule has 0 saturated carbocycles. The minimum absolute atomic E-state index is 0.217. The number of carbonyl (C=O) groups is 1. The summed E-state index contributed by atoms with van der Waals surface area (Å²) in [6.07, 6.45) is 14.7.